The number of rotatable bonds is 2. The van der Waals surface area contributed by atoms with Crippen LogP contribution in [0.3, 0.4) is 0 Å². The van der Waals surface area contributed by atoms with E-state index in [9.17, 15) is 23.1 Å². The number of aliphatic hydroxyl groups is 1. The molecule has 11 heteroatoms. The Morgan fingerprint density at radius 2 is 2.21 bits per heavy atom. The van der Waals surface area contributed by atoms with Crippen molar-refractivity contribution in [2.24, 2.45) is 5.92 Å². The van der Waals surface area contributed by atoms with E-state index in [0.717, 1.165) is 0 Å². The zero-order valence-corrected chi connectivity index (χ0v) is 16.9. The molecule has 2 amide bonds. The zero-order chi connectivity index (χ0) is 20.8. The van der Waals surface area contributed by atoms with Crippen molar-refractivity contribution in [1.29, 1.82) is 0 Å². The van der Waals surface area contributed by atoms with E-state index in [0.29, 0.717) is 30.6 Å². The third-order valence-corrected chi connectivity index (χ3v) is 5.93. The van der Waals surface area contributed by atoms with Crippen molar-refractivity contribution >= 4 is 27.6 Å². The Bertz CT molecular complexity index is 952. The second kappa shape index (κ2) is 7.60. The Balaban J connectivity index is 1.58. The number of pyridine rings is 1. The summed E-state index contributed by atoms with van der Waals surface area (Å²) < 4.78 is 45.2. The van der Waals surface area contributed by atoms with E-state index >= 15 is 0 Å². The zero-order valence-electron chi connectivity index (χ0n) is 15.3. The number of fused-ring (bicyclic) bond motifs is 3. The molecule has 4 rings (SSSR count). The molecule has 0 spiro atoms. The number of urea groups is 1. The second-order valence-corrected chi connectivity index (χ2v) is 8.06. The van der Waals surface area contributed by atoms with Crippen LogP contribution in [0.25, 0.3) is 0 Å². The van der Waals surface area contributed by atoms with Crippen LogP contribution in [0.5, 0.6) is 0 Å². The fraction of sp³-hybridized carbons (Fsp3) is 0.500. The van der Waals surface area contributed by atoms with Crippen LogP contribution in [0.15, 0.2) is 16.9 Å². The summed E-state index contributed by atoms with van der Waals surface area (Å²) in [6.45, 7) is 0.244. The van der Waals surface area contributed by atoms with Gasteiger partial charge in [0.05, 0.1) is 17.9 Å². The lowest BCUT2D eigenvalue weighted by atomic mass is 9.95. The number of hydrogen-bond acceptors (Lipinski definition) is 4. The van der Waals surface area contributed by atoms with E-state index < -0.39 is 30.1 Å². The molecule has 0 saturated heterocycles. The summed E-state index contributed by atoms with van der Waals surface area (Å²) in [5.74, 6) is -4.36. The molecule has 1 atom stereocenters. The maximum atomic E-state index is 14.9. The highest BCUT2D eigenvalue weighted by Gasteiger charge is 2.44. The number of nitrogens with one attached hydrogen (secondary N) is 1. The quantitative estimate of drug-likeness (QED) is 0.655. The molecule has 2 aliphatic heterocycles. The van der Waals surface area contributed by atoms with Crippen LogP contribution >= 0.6 is 15.9 Å². The van der Waals surface area contributed by atoms with E-state index in [2.05, 4.69) is 31.3 Å². The van der Waals surface area contributed by atoms with Crippen molar-refractivity contribution in [3.8, 4) is 0 Å². The van der Waals surface area contributed by atoms with Crippen molar-refractivity contribution < 1.29 is 23.1 Å². The SMILES string of the molecule is O=C(Nc1ccnc(Br)c1F)N1CCc2nn3c(c2C1)C(F)(F)C[C@H](CO)CC3. The van der Waals surface area contributed by atoms with E-state index in [1.165, 1.54) is 21.8 Å². The van der Waals surface area contributed by atoms with Gasteiger partial charge in [-0.25, -0.2) is 14.2 Å². The van der Waals surface area contributed by atoms with E-state index in [1.54, 1.807) is 0 Å². The molecule has 0 unspecified atom stereocenters. The second-order valence-electron chi connectivity index (χ2n) is 7.31. The third kappa shape index (κ3) is 3.73. The van der Waals surface area contributed by atoms with Gasteiger partial charge in [0.2, 0.25) is 0 Å². The molecule has 0 saturated carbocycles. The summed E-state index contributed by atoms with van der Waals surface area (Å²) in [6, 6.07) is 0.737. The molecule has 0 aromatic carbocycles. The van der Waals surface area contributed by atoms with E-state index in [4.69, 9.17) is 0 Å². The standard InChI is InChI=1S/C18H19BrF3N5O2/c19-16-14(20)13(1-4-23-16)24-17(29)26-5-3-12-11(8-26)15-18(21,22)7-10(9-28)2-6-27(15)25-12/h1,4,10,28H,2-3,5-9H2,(H,23,24,29)/t10-/m1/s1. The molecule has 2 aromatic rings. The first-order valence-electron chi connectivity index (χ1n) is 9.24. The molecule has 0 bridgehead atoms. The van der Waals surface area contributed by atoms with Crippen molar-refractivity contribution in [1.82, 2.24) is 19.7 Å². The first kappa shape index (κ1) is 20.1. The van der Waals surface area contributed by atoms with Crippen LogP contribution in [0.1, 0.15) is 29.8 Å². The lowest BCUT2D eigenvalue weighted by molar-refractivity contribution is -0.0385. The summed E-state index contributed by atoms with van der Waals surface area (Å²) in [5.41, 5.74) is 0.668. The van der Waals surface area contributed by atoms with E-state index in [-0.39, 0.29) is 35.7 Å². The minimum Gasteiger partial charge on any atom is -0.396 e. The molecule has 29 heavy (non-hydrogen) atoms. The van der Waals surface area contributed by atoms with Gasteiger partial charge in [-0.1, -0.05) is 0 Å². The number of nitrogens with zero attached hydrogens (tertiary/aromatic N) is 4. The molecule has 2 N–H and O–H groups in total. The molecule has 0 radical (unpaired) electrons. The molecule has 0 fully saturated rings. The first-order chi connectivity index (χ1) is 13.8. The molecular weight excluding hydrogens is 455 g/mol. The first-order valence-corrected chi connectivity index (χ1v) is 10.0. The van der Waals surface area contributed by atoms with Gasteiger partial charge in [0.1, 0.15) is 10.3 Å². The predicted octanol–water partition coefficient (Wildman–Crippen LogP) is 3.26. The Hall–Kier alpha value is -2.14. The van der Waals surface area contributed by atoms with Crippen molar-refractivity contribution in [2.45, 2.75) is 38.3 Å². The molecule has 7 nitrogen and oxygen atoms in total. The van der Waals surface area contributed by atoms with Gasteiger partial charge in [-0.05, 0) is 34.3 Å². The van der Waals surface area contributed by atoms with Gasteiger partial charge >= 0.3 is 6.03 Å². The number of aromatic nitrogens is 3. The van der Waals surface area contributed by atoms with Gasteiger partial charge in [0, 0.05) is 44.3 Å². The van der Waals surface area contributed by atoms with Gasteiger partial charge in [0.15, 0.2) is 5.82 Å². The minimum atomic E-state index is -3.15. The summed E-state index contributed by atoms with van der Waals surface area (Å²) in [7, 11) is 0. The van der Waals surface area contributed by atoms with Gasteiger partial charge in [0.25, 0.3) is 5.92 Å². The number of halogens is 4. The van der Waals surface area contributed by atoms with Gasteiger partial charge < -0.3 is 15.3 Å². The highest BCUT2D eigenvalue weighted by atomic mass is 79.9. The predicted molar refractivity (Wildman–Crippen MR) is 101 cm³/mol. The minimum absolute atomic E-state index is 0.0312. The Kier molecular flexibility index (Phi) is 5.28. The molecule has 2 aromatic heterocycles. The fourth-order valence-corrected chi connectivity index (χ4v) is 4.23. The number of anilines is 1. The monoisotopic (exact) mass is 473 g/mol. The smallest absolute Gasteiger partial charge is 0.322 e. The van der Waals surface area contributed by atoms with Crippen molar-refractivity contribution in [3.05, 3.63) is 39.6 Å². The largest absolute Gasteiger partial charge is 0.396 e. The number of alkyl halides is 2. The third-order valence-electron chi connectivity index (χ3n) is 5.38. The van der Waals surface area contributed by atoms with Crippen LogP contribution in [0.4, 0.5) is 23.7 Å². The topological polar surface area (TPSA) is 83.3 Å². The molecule has 0 aliphatic carbocycles. The summed E-state index contributed by atoms with van der Waals surface area (Å²) >= 11 is 2.96. The number of amides is 2. The lowest BCUT2D eigenvalue weighted by Crippen LogP contribution is -2.39. The molecule has 2 aliphatic rings. The molecule has 4 heterocycles. The van der Waals surface area contributed by atoms with Crippen LogP contribution in [0.2, 0.25) is 0 Å². The summed E-state index contributed by atoms with van der Waals surface area (Å²) in [5, 5.41) is 16.1. The van der Waals surface area contributed by atoms with Crippen molar-refractivity contribution in [3.63, 3.8) is 0 Å². The number of hydrogen-bond donors (Lipinski definition) is 2. The summed E-state index contributed by atoms with van der Waals surface area (Å²) in [4.78, 5) is 17.7. The van der Waals surface area contributed by atoms with Crippen LogP contribution < -0.4 is 5.32 Å². The van der Waals surface area contributed by atoms with Gasteiger partial charge in [-0.2, -0.15) is 13.9 Å². The average Bonchev–Trinajstić information content (AvgIpc) is 3.00. The Morgan fingerprint density at radius 1 is 1.41 bits per heavy atom. The van der Waals surface area contributed by atoms with Gasteiger partial charge in [-0.3, -0.25) is 4.68 Å². The fourth-order valence-electron chi connectivity index (χ4n) is 3.90. The highest BCUT2D eigenvalue weighted by Crippen LogP contribution is 2.42. The number of aliphatic hydroxyl groups excluding tert-OH is 1. The van der Waals surface area contributed by atoms with Crippen LogP contribution in [-0.2, 0) is 25.4 Å². The van der Waals surface area contributed by atoms with Crippen LogP contribution in [0, 0.1) is 11.7 Å². The maximum Gasteiger partial charge on any atom is 0.322 e. The van der Waals surface area contributed by atoms with Gasteiger partial charge in [-0.15, -0.1) is 0 Å². The van der Waals surface area contributed by atoms with E-state index in [1.807, 2.05) is 0 Å². The van der Waals surface area contributed by atoms with Crippen LogP contribution in [-0.4, -0.2) is 44.0 Å². The lowest BCUT2D eigenvalue weighted by Gasteiger charge is -2.28. The Labute approximate surface area is 173 Å². The molecule has 156 valence electrons. The Morgan fingerprint density at radius 3 is 2.97 bits per heavy atom. The highest BCUT2D eigenvalue weighted by molar-refractivity contribution is 9.10. The number of aryl methyl sites for hydroxylation is 1. The number of carbonyl (C=O) groups is 1. The normalized spacial score (nSPS) is 20.6. The maximum absolute atomic E-state index is 14.9. The molecular formula is C18H19BrF3N5O2. The van der Waals surface area contributed by atoms with Crippen molar-refractivity contribution in [2.75, 3.05) is 18.5 Å². The number of carbonyl (C=O) groups excluding carboxylic acids is 1. The average molecular weight is 474 g/mol. The summed E-state index contributed by atoms with van der Waals surface area (Å²) in [6.07, 6.45) is 1.64.